The summed E-state index contributed by atoms with van der Waals surface area (Å²) in [6, 6.07) is 23.6. The minimum atomic E-state index is 0.719. The Kier molecular flexibility index (Phi) is 4.89. The zero-order chi connectivity index (χ0) is 17.1. The molecule has 0 heterocycles. The van der Waals surface area contributed by atoms with E-state index in [2.05, 4.69) is 31.4 Å². The number of hydrogen-bond acceptors (Lipinski definition) is 0. The quantitative estimate of drug-likeness (QED) is 0.469. The average Bonchev–Trinajstić information content (AvgIpc) is 2.62. The van der Waals surface area contributed by atoms with E-state index >= 15 is 0 Å². The molecule has 0 radical (unpaired) electrons. The Morgan fingerprint density at radius 2 is 0.917 bits per heavy atom. The summed E-state index contributed by atoms with van der Waals surface area (Å²) in [7, 11) is 0. The molecule has 0 N–H and O–H groups in total. The van der Waals surface area contributed by atoms with Crippen LogP contribution in [0.25, 0.3) is 11.1 Å². The summed E-state index contributed by atoms with van der Waals surface area (Å²) >= 11 is 11.9. The number of benzene rings is 3. The van der Waals surface area contributed by atoms with Crippen molar-refractivity contribution < 1.29 is 0 Å². The molecule has 3 rings (SSSR count). The van der Waals surface area contributed by atoms with Gasteiger partial charge in [0.05, 0.1) is 0 Å². The summed E-state index contributed by atoms with van der Waals surface area (Å²) in [4.78, 5) is 0. The van der Waals surface area contributed by atoms with Crippen LogP contribution in [0.2, 0.25) is 10.0 Å². The van der Waals surface area contributed by atoms with Crippen LogP contribution in [0, 0.1) is 0 Å². The SMILES string of the molecule is C=C(c1ccc(Cl)cc1)c1cccc(C(=C)c2ccc(Cl)cc2)c1. The van der Waals surface area contributed by atoms with Gasteiger partial charge in [-0.3, -0.25) is 0 Å². The highest BCUT2D eigenvalue weighted by Gasteiger charge is 2.07. The van der Waals surface area contributed by atoms with E-state index in [1.807, 2.05) is 54.6 Å². The highest BCUT2D eigenvalue weighted by atomic mass is 35.5. The van der Waals surface area contributed by atoms with Crippen molar-refractivity contribution in [2.24, 2.45) is 0 Å². The molecule has 118 valence electrons. The topological polar surface area (TPSA) is 0 Å². The van der Waals surface area contributed by atoms with Gasteiger partial charge in [-0.1, -0.05) is 78.8 Å². The van der Waals surface area contributed by atoms with Gasteiger partial charge in [-0.05, 0) is 63.7 Å². The van der Waals surface area contributed by atoms with Gasteiger partial charge in [0.2, 0.25) is 0 Å². The Hall–Kier alpha value is -2.28. The van der Waals surface area contributed by atoms with Crippen LogP contribution >= 0.6 is 23.2 Å². The summed E-state index contributed by atoms with van der Waals surface area (Å²) < 4.78 is 0. The van der Waals surface area contributed by atoms with Gasteiger partial charge in [-0.2, -0.15) is 0 Å². The van der Waals surface area contributed by atoms with Crippen LogP contribution in [0.15, 0.2) is 86.0 Å². The highest BCUT2D eigenvalue weighted by molar-refractivity contribution is 6.30. The average molecular weight is 351 g/mol. The van der Waals surface area contributed by atoms with Crippen molar-refractivity contribution >= 4 is 34.3 Å². The van der Waals surface area contributed by atoms with E-state index < -0.39 is 0 Å². The molecular weight excluding hydrogens is 335 g/mol. The largest absolute Gasteiger partial charge is 0.0906 e. The zero-order valence-electron chi connectivity index (χ0n) is 13.1. The second-order valence-corrected chi connectivity index (χ2v) is 6.42. The molecule has 0 spiro atoms. The molecule has 0 aromatic heterocycles. The van der Waals surface area contributed by atoms with E-state index in [1.54, 1.807) is 0 Å². The maximum atomic E-state index is 5.96. The first-order chi connectivity index (χ1) is 11.5. The predicted molar refractivity (Wildman–Crippen MR) is 106 cm³/mol. The first-order valence-electron chi connectivity index (χ1n) is 7.55. The minimum absolute atomic E-state index is 0.719. The summed E-state index contributed by atoms with van der Waals surface area (Å²) in [5.41, 5.74) is 6.13. The molecule has 0 nitrogen and oxygen atoms in total. The molecule has 24 heavy (non-hydrogen) atoms. The molecule has 0 amide bonds. The molecule has 0 bridgehead atoms. The summed E-state index contributed by atoms with van der Waals surface area (Å²) in [5, 5.41) is 1.44. The van der Waals surface area contributed by atoms with Crippen molar-refractivity contribution in [2.45, 2.75) is 0 Å². The van der Waals surface area contributed by atoms with Gasteiger partial charge >= 0.3 is 0 Å². The molecule has 0 unspecified atom stereocenters. The van der Waals surface area contributed by atoms with Crippen LogP contribution in [0.1, 0.15) is 22.3 Å². The molecule has 0 atom stereocenters. The van der Waals surface area contributed by atoms with E-state index in [0.717, 1.165) is 43.4 Å². The molecular formula is C22H16Cl2. The van der Waals surface area contributed by atoms with Gasteiger partial charge in [0.25, 0.3) is 0 Å². The first kappa shape index (κ1) is 16.6. The second kappa shape index (κ2) is 7.09. The second-order valence-electron chi connectivity index (χ2n) is 5.55. The van der Waals surface area contributed by atoms with Crippen LogP contribution < -0.4 is 0 Å². The lowest BCUT2D eigenvalue weighted by atomic mass is 9.94. The van der Waals surface area contributed by atoms with Crippen molar-refractivity contribution in [1.29, 1.82) is 0 Å². The van der Waals surface area contributed by atoms with E-state index in [1.165, 1.54) is 0 Å². The summed E-state index contributed by atoms with van der Waals surface area (Å²) in [6.45, 7) is 8.44. The molecule has 0 fully saturated rings. The number of rotatable bonds is 4. The van der Waals surface area contributed by atoms with E-state index in [4.69, 9.17) is 23.2 Å². The van der Waals surface area contributed by atoms with E-state index in [9.17, 15) is 0 Å². The van der Waals surface area contributed by atoms with Crippen molar-refractivity contribution in [3.05, 3.63) is 118 Å². The Balaban J connectivity index is 1.91. The van der Waals surface area contributed by atoms with Gasteiger partial charge in [-0.25, -0.2) is 0 Å². The first-order valence-corrected chi connectivity index (χ1v) is 8.31. The smallest absolute Gasteiger partial charge is 0.0406 e. The van der Waals surface area contributed by atoms with Crippen LogP contribution in [0.4, 0.5) is 0 Å². The third-order valence-electron chi connectivity index (χ3n) is 3.94. The van der Waals surface area contributed by atoms with Gasteiger partial charge in [0.15, 0.2) is 0 Å². The normalized spacial score (nSPS) is 10.4. The predicted octanol–water partition coefficient (Wildman–Crippen LogP) is 7.12. The molecule has 0 aliphatic rings. The fraction of sp³-hybridized carbons (Fsp3) is 0. The Bertz CT molecular complexity index is 815. The Morgan fingerprint density at radius 1 is 0.542 bits per heavy atom. The fourth-order valence-electron chi connectivity index (χ4n) is 2.53. The molecule has 0 saturated heterocycles. The number of halogens is 2. The van der Waals surface area contributed by atoms with Gasteiger partial charge in [0.1, 0.15) is 0 Å². The molecule has 3 aromatic rings. The monoisotopic (exact) mass is 350 g/mol. The molecule has 0 aliphatic carbocycles. The van der Waals surface area contributed by atoms with Gasteiger partial charge in [0, 0.05) is 10.0 Å². The third kappa shape index (κ3) is 3.62. The summed E-state index contributed by atoms with van der Waals surface area (Å²) in [6.07, 6.45) is 0. The third-order valence-corrected chi connectivity index (χ3v) is 4.45. The Morgan fingerprint density at radius 3 is 1.29 bits per heavy atom. The fourth-order valence-corrected chi connectivity index (χ4v) is 2.78. The lowest BCUT2D eigenvalue weighted by molar-refractivity contribution is 1.51. The maximum absolute atomic E-state index is 5.96. The van der Waals surface area contributed by atoms with Gasteiger partial charge in [-0.15, -0.1) is 0 Å². The molecule has 2 heteroatoms. The van der Waals surface area contributed by atoms with Gasteiger partial charge < -0.3 is 0 Å². The summed E-state index contributed by atoms with van der Waals surface area (Å²) in [5.74, 6) is 0. The minimum Gasteiger partial charge on any atom is -0.0906 e. The number of hydrogen-bond donors (Lipinski definition) is 0. The van der Waals surface area contributed by atoms with Crippen LogP contribution in [0.3, 0.4) is 0 Å². The van der Waals surface area contributed by atoms with Crippen molar-refractivity contribution in [2.75, 3.05) is 0 Å². The standard InChI is InChI=1S/C22H16Cl2/c1-15(17-6-10-21(23)11-7-17)19-4-3-5-20(14-19)16(2)18-8-12-22(24)13-9-18/h3-14H,1-2H2. The zero-order valence-corrected chi connectivity index (χ0v) is 14.6. The Labute approximate surface area is 152 Å². The van der Waals surface area contributed by atoms with Crippen molar-refractivity contribution in [1.82, 2.24) is 0 Å². The molecule has 3 aromatic carbocycles. The van der Waals surface area contributed by atoms with Crippen molar-refractivity contribution in [3.63, 3.8) is 0 Å². The van der Waals surface area contributed by atoms with Crippen LogP contribution in [-0.4, -0.2) is 0 Å². The van der Waals surface area contributed by atoms with E-state index in [-0.39, 0.29) is 0 Å². The van der Waals surface area contributed by atoms with Crippen molar-refractivity contribution in [3.8, 4) is 0 Å². The lowest BCUT2D eigenvalue weighted by Gasteiger charge is -2.11. The van der Waals surface area contributed by atoms with Crippen LogP contribution in [0.5, 0.6) is 0 Å². The lowest BCUT2D eigenvalue weighted by Crippen LogP contribution is -1.90. The van der Waals surface area contributed by atoms with Crippen LogP contribution in [-0.2, 0) is 0 Å². The maximum Gasteiger partial charge on any atom is 0.0406 e. The highest BCUT2D eigenvalue weighted by Crippen LogP contribution is 2.28. The van der Waals surface area contributed by atoms with E-state index in [0.29, 0.717) is 0 Å². The molecule has 0 saturated carbocycles. The molecule has 0 aliphatic heterocycles.